The van der Waals surface area contributed by atoms with Gasteiger partial charge in [0.1, 0.15) is 5.69 Å². The van der Waals surface area contributed by atoms with Gasteiger partial charge >= 0.3 is 0 Å². The van der Waals surface area contributed by atoms with Gasteiger partial charge in [-0.25, -0.2) is 0 Å². The molecule has 0 saturated heterocycles. The molecule has 0 aliphatic heterocycles. The summed E-state index contributed by atoms with van der Waals surface area (Å²) in [6, 6.07) is 1.96. The van der Waals surface area contributed by atoms with E-state index in [0.29, 0.717) is 0 Å². The van der Waals surface area contributed by atoms with Crippen LogP contribution in [0, 0.1) is 11.8 Å². The highest BCUT2D eigenvalue weighted by Gasteiger charge is 1.95. The molecule has 0 atom stereocenters. The number of nitrogens with two attached hydrogens (primary N) is 1. The first-order chi connectivity index (χ1) is 7.38. The molecule has 0 bridgehead atoms. The van der Waals surface area contributed by atoms with Crippen molar-refractivity contribution < 1.29 is 0 Å². The van der Waals surface area contributed by atoms with E-state index in [4.69, 9.17) is 5.73 Å². The van der Waals surface area contributed by atoms with Crippen molar-refractivity contribution in [2.45, 2.75) is 39.2 Å². The lowest BCUT2D eigenvalue weighted by molar-refractivity contribution is 0.597. The quantitative estimate of drug-likeness (QED) is 0.588. The zero-order valence-corrected chi connectivity index (χ0v) is 9.37. The van der Waals surface area contributed by atoms with Gasteiger partial charge < -0.3 is 5.73 Å². The predicted octanol–water partition coefficient (Wildman–Crippen LogP) is 1.77. The monoisotopic (exact) mass is 205 g/mol. The summed E-state index contributed by atoms with van der Waals surface area (Å²) in [5.41, 5.74) is 6.42. The minimum absolute atomic E-state index is 0.759. The Kier molecular flexibility index (Phi) is 5.57. The van der Waals surface area contributed by atoms with E-state index in [1.807, 2.05) is 10.7 Å². The molecule has 0 aromatic carbocycles. The highest BCUT2D eigenvalue weighted by atomic mass is 15.3. The van der Waals surface area contributed by atoms with Crippen LogP contribution in [0.2, 0.25) is 0 Å². The molecule has 0 aliphatic carbocycles. The van der Waals surface area contributed by atoms with Crippen LogP contribution in [0.3, 0.4) is 0 Å². The van der Waals surface area contributed by atoms with Crippen molar-refractivity contribution in [3.8, 4) is 11.8 Å². The molecular formula is C12H19N3. The third-order valence-electron chi connectivity index (χ3n) is 2.12. The molecule has 1 aromatic rings. The molecule has 1 heterocycles. The number of nitrogens with zero attached hydrogens (tertiary/aromatic N) is 2. The Balaban J connectivity index is 2.44. The number of aryl methyl sites for hydroxylation is 1. The smallest absolute Gasteiger partial charge is 0.111 e. The van der Waals surface area contributed by atoms with Crippen LogP contribution in [0.5, 0.6) is 0 Å². The van der Waals surface area contributed by atoms with Crippen molar-refractivity contribution in [2.75, 3.05) is 6.54 Å². The third-order valence-corrected chi connectivity index (χ3v) is 2.12. The molecule has 0 amide bonds. The van der Waals surface area contributed by atoms with Crippen LogP contribution in [0.15, 0.2) is 12.3 Å². The first-order valence-electron chi connectivity index (χ1n) is 5.59. The van der Waals surface area contributed by atoms with Crippen molar-refractivity contribution in [3.63, 3.8) is 0 Å². The van der Waals surface area contributed by atoms with E-state index in [-0.39, 0.29) is 0 Å². The van der Waals surface area contributed by atoms with Crippen LogP contribution >= 0.6 is 0 Å². The van der Waals surface area contributed by atoms with E-state index in [0.717, 1.165) is 44.5 Å². The maximum Gasteiger partial charge on any atom is 0.111 e. The number of rotatable bonds is 5. The van der Waals surface area contributed by atoms with Gasteiger partial charge in [-0.15, -0.1) is 0 Å². The number of hydrogen-bond donors (Lipinski definition) is 1. The lowest BCUT2D eigenvalue weighted by Gasteiger charge is -1.98. The summed E-state index contributed by atoms with van der Waals surface area (Å²) in [4.78, 5) is 0. The first-order valence-corrected chi connectivity index (χ1v) is 5.59. The Labute approximate surface area is 91.7 Å². The Morgan fingerprint density at radius 1 is 1.47 bits per heavy atom. The van der Waals surface area contributed by atoms with Crippen molar-refractivity contribution in [1.82, 2.24) is 9.78 Å². The molecule has 0 saturated carbocycles. The van der Waals surface area contributed by atoms with Gasteiger partial charge in [-0.2, -0.15) is 5.10 Å². The molecule has 0 aliphatic rings. The van der Waals surface area contributed by atoms with Crippen LogP contribution in [-0.2, 0) is 6.54 Å². The van der Waals surface area contributed by atoms with Crippen LogP contribution in [-0.4, -0.2) is 16.3 Å². The highest BCUT2D eigenvalue weighted by molar-refractivity contribution is 5.26. The highest BCUT2D eigenvalue weighted by Crippen LogP contribution is 1.99. The standard InChI is InChI=1S/C12H19N3/c1-2-11-15-12(8-10-14-15)7-5-3-4-6-9-13/h8,10H,2-4,6,9,11,13H2,1H3. The summed E-state index contributed by atoms with van der Waals surface area (Å²) in [5.74, 6) is 6.30. The van der Waals surface area contributed by atoms with Gasteiger partial charge in [0.2, 0.25) is 0 Å². The largest absolute Gasteiger partial charge is 0.330 e. The average Bonchev–Trinajstić information content (AvgIpc) is 2.66. The Morgan fingerprint density at radius 2 is 2.33 bits per heavy atom. The van der Waals surface area contributed by atoms with Crippen molar-refractivity contribution in [1.29, 1.82) is 0 Å². The molecule has 2 N–H and O–H groups in total. The topological polar surface area (TPSA) is 43.8 Å². The molecular weight excluding hydrogens is 186 g/mol. The molecule has 3 nitrogen and oxygen atoms in total. The van der Waals surface area contributed by atoms with Crippen molar-refractivity contribution >= 4 is 0 Å². The number of unbranched alkanes of at least 4 members (excludes halogenated alkanes) is 2. The maximum absolute atomic E-state index is 5.41. The van der Waals surface area contributed by atoms with Crippen LogP contribution < -0.4 is 5.73 Å². The van der Waals surface area contributed by atoms with Gasteiger partial charge in [0.05, 0.1) is 6.20 Å². The minimum Gasteiger partial charge on any atom is -0.330 e. The fourth-order valence-corrected chi connectivity index (χ4v) is 1.34. The SMILES string of the molecule is CCCn1nccc1C#CCCCCN. The molecule has 3 heteroatoms. The van der Waals surface area contributed by atoms with Crippen molar-refractivity contribution in [2.24, 2.45) is 5.73 Å². The van der Waals surface area contributed by atoms with E-state index >= 15 is 0 Å². The fourth-order valence-electron chi connectivity index (χ4n) is 1.34. The van der Waals surface area contributed by atoms with Gasteiger partial charge in [0, 0.05) is 13.0 Å². The van der Waals surface area contributed by atoms with Crippen LogP contribution in [0.25, 0.3) is 0 Å². The van der Waals surface area contributed by atoms with Crippen LogP contribution in [0.1, 0.15) is 38.3 Å². The summed E-state index contributed by atoms with van der Waals surface area (Å²) >= 11 is 0. The molecule has 1 rings (SSSR count). The number of hydrogen-bond acceptors (Lipinski definition) is 2. The fraction of sp³-hybridized carbons (Fsp3) is 0.583. The van der Waals surface area contributed by atoms with Gasteiger partial charge in [0.15, 0.2) is 0 Å². The molecule has 0 fully saturated rings. The second-order valence-corrected chi connectivity index (χ2v) is 3.49. The zero-order valence-electron chi connectivity index (χ0n) is 9.37. The summed E-state index contributed by atoms with van der Waals surface area (Å²) < 4.78 is 1.95. The second kappa shape index (κ2) is 7.08. The van der Waals surface area contributed by atoms with Gasteiger partial charge in [-0.05, 0) is 37.8 Å². The summed E-state index contributed by atoms with van der Waals surface area (Å²) in [6.45, 7) is 3.84. The first kappa shape index (κ1) is 11.8. The molecule has 0 unspecified atom stereocenters. The maximum atomic E-state index is 5.41. The molecule has 15 heavy (non-hydrogen) atoms. The zero-order chi connectivity index (χ0) is 10.9. The Bertz CT molecular complexity index is 330. The predicted molar refractivity (Wildman–Crippen MR) is 62.3 cm³/mol. The Morgan fingerprint density at radius 3 is 3.07 bits per heavy atom. The Hall–Kier alpha value is -1.27. The second-order valence-electron chi connectivity index (χ2n) is 3.49. The molecule has 82 valence electrons. The summed E-state index contributed by atoms with van der Waals surface area (Å²) in [7, 11) is 0. The third kappa shape index (κ3) is 4.18. The van der Waals surface area contributed by atoms with E-state index in [2.05, 4.69) is 23.9 Å². The molecule has 1 aromatic heterocycles. The van der Waals surface area contributed by atoms with Gasteiger partial charge in [0.25, 0.3) is 0 Å². The van der Waals surface area contributed by atoms with E-state index < -0.39 is 0 Å². The van der Waals surface area contributed by atoms with Gasteiger partial charge in [-0.1, -0.05) is 12.8 Å². The lowest BCUT2D eigenvalue weighted by Crippen LogP contribution is -2.01. The average molecular weight is 205 g/mol. The summed E-state index contributed by atoms with van der Waals surface area (Å²) in [5, 5.41) is 4.22. The van der Waals surface area contributed by atoms with E-state index in [1.165, 1.54) is 0 Å². The van der Waals surface area contributed by atoms with Gasteiger partial charge in [-0.3, -0.25) is 4.68 Å². The minimum atomic E-state index is 0.759. The van der Waals surface area contributed by atoms with E-state index in [9.17, 15) is 0 Å². The van der Waals surface area contributed by atoms with E-state index in [1.54, 1.807) is 6.20 Å². The summed E-state index contributed by atoms with van der Waals surface area (Å²) in [6.07, 6.45) is 5.96. The van der Waals surface area contributed by atoms with Crippen molar-refractivity contribution in [3.05, 3.63) is 18.0 Å². The number of aromatic nitrogens is 2. The lowest BCUT2D eigenvalue weighted by atomic mass is 10.2. The normalized spacial score (nSPS) is 9.73. The molecule has 0 radical (unpaired) electrons. The van der Waals surface area contributed by atoms with Crippen LogP contribution in [0.4, 0.5) is 0 Å². The molecule has 0 spiro atoms.